The molecule has 8 heteroatoms. The molecule has 0 unspecified atom stereocenters. The zero-order valence-electron chi connectivity index (χ0n) is 16.9. The third-order valence-electron chi connectivity index (χ3n) is 4.49. The first-order chi connectivity index (χ1) is 15.7. The Kier molecular flexibility index (Phi) is 7.64. The SMILES string of the molecule is O=C(NCc1ccco1)c1ccccc1[Se][Se]c1ccccc1C(=O)NCc1ccco1. The van der Waals surface area contributed by atoms with Gasteiger partial charge in [-0.15, -0.1) is 0 Å². The first kappa shape index (κ1) is 22.2. The topological polar surface area (TPSA) is 84.5 Å². The summed E-state index contributed by atoms with van der Waals surface area (Å²) >= 11 is 0.0615. The van der Waals surface area contributed by atoms with Gasteiger partial charge in [0.25, 0.3) is 0 Å². The third kappa shape index (κ3) is 5.81. The van der Waals surface area contributed by atoms with Gasteiger partial charge in [-0.2, -0.15) is 0 Å². The van der Waals surface area contributed by atoms with E-state index in [1.54, 1.807) is 24.7 Å². The van der Waals surface area contributed by atoms with Gasteiger partial charge in [0.05, 0.1) is 0 Å². The van der Waals surface area contributed by atoms with Crippen molar-refractivity contribution in [3.63, 3.8) is 0 Å². The number of hydrogen-bond donors (Lipinski definition) is 2. The molecule has 0 bridgehead atoms. The summed E-state index contributed by atoms with van der Waals surface area (Å²) in [5, 5.41) is 5.82. The molecule has 4 rings (SSSR count). The second-order valence-corrected chi connectivity index (χ2v) is 12.9. The maximum absolute atomic E-state index is 12.7. The number of furan rings is 2. The van der Waals surface area contributed by atoms with Crippen LogP contribution in [-0.2, 0) is 13.1 Å². The Morgan fingerprint density at radius 2 is 1.06 bits per heavy atom. The predicted molar refractivity (Wildman–Crippen MR) is 123 cm³/mol. The predicted octanol–water partition coefficient (Wildman–Crippen LogP) is 2.01. The van der Waals surface area contributed by atoms with Crippen LogP contribution in [0.4, 0.5) is 0 Å². The molecule has 162 valence electrons. The molecule has 4 aromatic rings. The Balaban J connectivity index is 1.41. The van der Waals surface area contributed by atoms with Gasteiger partial charge < -0.3 is 0 Å². The van der Waals surface area contributed by atoms with E-state index in [-0.39, 0.29) is 38.1 Å². The molecule has 0 aliphatic rings. The monoisotopic (exact) mass is 560 g/mol. The van der Waals surface area contributed by atoms with E-state index in [0.717, 1.165) is 8.92 Å². The summed E-state index contributed by atoms with van der Waals surface area (Å²) < 4.78 is 12.6. The van der Waals surface area contributed by atoms with Crippen molar-refractivity contribution in [1.82, 2.24) is 10.6 Å². The molecule has 6 nitrogen and oxygen atoms in total. The van der Waals surface area contributed by atoms with Crippen LogP contribution >= 0.6 is 0 Å². The van der Waals surface area contributed by atoms with Crippen molar-refractivity contribution >= 4 is 47.0 Å². The van der Waals surface area contributed by atoms with Crippen LogP contribution in [0.15, 0.2) is 94.2 Å². The quantitative estimate of drug-likeness (QED) is 0.308. The minimum absolute atomic E-state index is 0.0308. The molecular weight excluding hydrogens is 538 g/mol. The molecule has 0 fully saturated rings. The molecule has 2 N–H and O–H groups in total. The number of amides is 2. The Morgan fingerprint density at radius 1 is 0.625 bits per heavy atom. The summed E-state index contributed by atoms with van der Waals surface area (Å²) in [5.74, 6) is 1.17. The molecule has 0 radical (unpaired) electrons. The van der Waals surface area contributed by atoms with Gasteiger partial charge in [0.1, 0.15) is 0 Å². The second-order valence-electron chi connectivity index (χ2n) is 6.68. The molecule has 0 saturated carbocycles. The zero-order valence-corrected chi connectivity index (χ0v) is 20.4. The van der Waals surface area contributed by atoms with E-state index < -0.39 is 0 Å². The van der Waals surface area contributed by atoms with E-state index in [0.29, 0.717) is 35.7 Å². The Bertz CT molecular complexity index is 1080. The molecule has 0 saturated heterocycles. The van der Waals surface area contributed by atoms with Gasteiger partial charge >= 0.3 is 197 Å². The fourth-order valence-corrected chi connectivity index (χ4v) is 10.0. The van der Waals surface area contributed by atoms with Crippen LogP contribution in [0.2, 0.25) is 0 Å². The zero-order chi connectivity index (χ0) is 22.2. The van der Waals surface area contributed by atoms with E-state index in [9.17, 15) is 9.59 Å². The summed E-state index contributed by atoms with van der Waals surface area (Å²) in [5.41, 5.74) is 1.33. The van der Waals surface area contributed by atoms with Crippen LogP contribution in [0.1, 0.15) is 32.2 Å². The molecule has 2 heterocycles. The van der Waals surface area contributed by atoms with Gasteiger partial charge in [0.15, 0.2) is 0 Å². The minimum atomic E-state index is -0.126. The van der Waals surface area contributed by atoms with Gasteiger partial charge in [-0.05, 0) is 0 Å². The number of hydrogen-bond acceptors (Lipinski definition) is 4. The molecule has 0 atom stereocenters. The van der Waals surface area contributed by atoms with Crippen LogP contribution in [0.25, 0.3) is 0 Å². The van der Waals surface area contributed by atoms with Crippen molar-refractivity contribution in [3.05, 3.63) is 108 Å². The summed E-state index contributed by atoms with van der Waals surface area (Å²) in [7, 11) is 0. The average Bonchev–Trinajstić information content (AvgIpc) is 3.54. The number of nitrogens with one attached hydrogen (secondary N) is 2. The van der Waals surface area contributed by atoms with Crippen LogP contribution < -0.4 is 19.6 Å². The number of carbonyl (C=O) groups is 2. The Hall–Kier alpha value is -3.02. The van der Waals surface area contributed by atoms with E-state index in [1.807, 2.05) is 60.7 Å². The molecule has 32 heavy (non-hydrogen) atoms. The summed E-state index contributed by atoms with van der Waals surface area (Å²) in [4.78, 5) is 25.5. The summed E-state index contributed by atoms with van der Waals surface area (Å²) in [6.45, 7) is 0.688. The first-order valence-electron chi connectivity index (χ1n) is 9.84. The van der Waals surface area contributed by atoms with Gasteiger partial charge in [-0.1, -0.05) is 0 Å². The van der Waals surface area contributed by atoms with Crippen molar-refractivity contribution in [2.45, 2.75) is 13.1 Å². The first-order valence-corrected chi connectivity index (χ1v) is 15.9. The number of carbonyl (C=O) groups excluding carboxylic acids is 2. The molecule has 2 amide bonds. The third-order valence-corrected chi connectivity index (χ3v) is 11.7. The van der Waals surface area contributed by atoms with Crippen LogP contribution in [0.5, 0.6) is 0 Å². The van der Waals surface area contributed by atoms with Gasteiger partial charge in [-0.25, -0.2) is 0 Å². The van der Waals surface area contributed by atoms with E-state index >= 15 is 0 Å². The molecule has 0 aliphatic heterocycles. The maximum atomic E-state index is 12.7. The van der Waals surface area contributed by atoms with E-state index in [1.165, 1.54) is 0 Å². The molecule has 2 aromatic carbocycles. The number of benzene rings is 2. The fourth-order valence-electron chi connectivity index (χ4n) is 2.90. The van der Waals surface area contributed by atoms with E-state index in [2.05, 4.69) is 10.6 Å². The van der Waals surface area contributed by atoms with Crippen LogP contribution in [0, 0.1) is 0 Å². The summed E-state index contributed by atoms with van der Waals surface area (Å²) in [6, 6.07) is 22.5. The second kappa shape index (κ2) is 11.0. The number of rotatable bonds is 9. The van der Waals surface area contributed by atoms with Crippen LogP contribution in [-0.4, -0.2) is 38.1 Å². The van der Waals surface area contributed by atoms with Crippen molar-refractivity contribution in [3.8, 4) is 0 Å². The normalized spacial score (nSPS) is 10.6. The van der Waals surface area contributed by atoms with Gasteiger partial charge in [0.2, 0.25) is 0 Å². The fraction of sp³-hybridized carbons (Fsp3) is 0.0833. The van der Waals surface area contributed by atoms with Crippen molar-refractivity contribution in [2.75, 3.05) is 0 Å². The van der Waals surface area contributed by atoms with E-state index in [4.69, 9.17) is 8.83 Å². The van der Waals surface area contributed by atoms with Gasteiger partial charge in [-0.3, -0.25) is 0 Å². The summed E-state index contributed by atoms with van der Waals surface area (Å²) in [6.07, 6.45) is 3.17. The van der Waals surface area contributed by atoms with Crippen molar-refractivity contribution in [1.29, 1.82) is 0 Å². The Labute approximate surface area is 196 Å². The van der Waals surface area contributed by atoms with Gasteiger partial charge in [0, 0.05) is 0 Å². The van der Waals surface area contributed by atoms with Crippen molar-refractivity contribution in [2.24, 2.45) is 0 Å². The average molecular weight is 558 g/mol. The Morgan fingerprint density at radius 3 is 1.47 bits per heavy atom. The molecular formula is C24H20N2O4Se2. The molecule has 2 aromatic heterocycles. The van der Waals surface area contributed by atoms with Crippen LogP contribution in [0.3, 0.4) is 0 Å². The molecule has 0 aliphatic carbocycles. The standard InChI is InChI=1S/C24H20N2O4Se2/c27-23(25-15-17-7-5-13-29-17)19-9-1-3-11-21(19)31-32-22-12-4-2-10-20(22)24(28)26-16-18-8-6-14-30-18/h1-14H,15-16H2,(H,25,27)(H,26,28). The molecule has 0 spiro atoms. The van der Waals surface area contributed by atoms with Crippen molar-refractivity contribution < 1.29 is 18.4 Å².